The van der Waals surface area contributed by atoms with E-state index in [0.29, 0.717) is 10.9 Å². The zero-order valence-corrected chi connectivity index (χ0v) is 11.9. The Morgan fingerprint density at radius 2 is 1.74 bits per heavy atom. The molecule has 2 heterocycles. The highest BCUT2D eigenvalue weighted by Gasteiger charge is 2.08. The summed E-state index contributed by atoms with van der Waals surface area (Å²) in [5.74, 6) is -0.0420. The van der Waals surface area contributed by atoms with Gasteiger partial charge in [0.1, 0.15) is 16.6 Å². The standard InChI is InChI=1S/C13H15N5S/c1-7-8(2)16-13(17-9(7)3)19-11-6-4-5-10(18-11)12(14)15/h4-6H,1-3H3,(H3,14,15). The van der Waals surface area contributed by atoms with Gasteiger partial charge in [-0.3, -0.25) is 5.41 Å². The van der Waals surface area contributed by atoms with Crippen molar-refractivity contribution >= 4 is 17.6 Å². The van der Waals surface area contributed by atoms with Crippen molar-refractivity contribution < 1.29 is 0 Å². The third-order valence-corrected chi connectivity index (χ3v) is 3.61. The Bertz CT molecular complexity index is 616. The summed E-state index contributed by atoms with van der Waals surface area (Å²) in [7, 11) is 0. The van der Waals surface area contributed by atoms with Crippen LogP contribution >= 0.6 is 11.8 Å². The summed E-state index contributed by atoms with van der Waals surface area (Å²) >= 11 is 1.37. The van der Waals surface area contributed by atoms with Crippen molar-refractivity contribution in [1.82, 2.24) is 15.0 Å². The number of amidine groups is 1. The number of nitrogen functional groups attached to an aromatic ring is 1. The number of hydrogen-bond acceptors (Lipinski definition) is 5. The van der Waals surface area contributed by atoms with Gasteiger partial charge in [-0.2, -0.15) is 0 Å². The average Bonchev–Trinajstić information content (AvgIpc) is 2.36. The van der Waals surface area contributed by atoms with Crippen LogP contribution in [0.3, 0.4) is 0 Å². The van der Waals surface area contributed by atoms with Crippen molar-refractivity contribution in [3.8, 4) is 0 Å². The topological polar surface area (TPSA) is 88.5 Å². The van der Waals surface area contributed by atoms with E-state index in [1.807, 2.05) is 32.9 Å². The van der Waals surface area contributed by atoms with E-state index in [-0.39, 0.29) is 5.84 Å². The first-order valence-electron chi connectivity index (χ1n) is 5.78. The quantitative estimate of drug-likeness (QED) is 0.508. The first-order chi connectivity index (χ1) is 8.97. The summed E-state index contributed by atoms with van der Waals surface area (Å²) in [5, 5.41) is 8.78. The second kappa shape index (κ2) is 5.36. The molecule has 0 spiro atoms. The predicted molar refractivity (Wildman–Crippen MR) is 75.6 cm³/mol. The van der Waals surface area contributed by atoms with Gasteiger partial charge in [-0.15, -0.1) is 0 Å². The van der Waals surface area contributed by atoms with E-state index in [9.17, 15) is 0 Å². The molecule has 5 nitrogen and oxygen atoms in total. The molecule has 2 aromatic rings. The van der Waals surface area contributed by atoms with Gasteiger partial charge in [0, 0.05) is 11.4 Å². The Labute approximate surface area is 116 Å². The molecule has 2 rings (SSSR count). The van der Waals surface area contributed by atoms with Crippen molar-refractivity contribution in [2.45, 2.75) is 31.0 Å². The maximum Gasteiger partial charge on any atom is 0.194 e. The SMILES string of the molecule is Cc1nc(Sc2cccc(C(=N)N)n2)nc(C)c1C. The number of aryl methyl sites for hydroxylation is 2. The van der Waals surface area contributed by atoms with Crippen LogP contribution in [0, 0.1) is 26.2 Å². The van der Waals surface area contributed by atoms with E-state index < -0.39 is 0 Å². The molecule has 98 valence electrons. The third kappa shape index (κ3) is 3.08. The molecule has 0 atom stereocenters. The Morgan fingerprint density at radius 1 is 1.11 bits per heavy atom. The van der Waals surface area contributed by atoms with Crippen molar-refractivity contribution in [3.05, 3.63) is 40.8 Å². The number of nitrogens with one attached hydrogen (secondary N) is 1. The Hall–Kier alpha value is -1.95. The van der Waals surface area contributed by atoms with Gasteiger partial charge in [-0.05, 0) is 50.2 Å². The van der Waals surface area contributed by atoms with Gasteiger partial charge in [0.25, 0.3) is 0 Å². The van der Waals surface area contributed by atoms with Crippen molar-refractivity contribution in [2.75, 3.05) is 0 Å². The summed E-state index contributed by atoms with van der Waals surface area (Å²) < 4.78 is 0. The lowest BCUT2D eigenvalue weighted by Crippen LogP contribution is -2.13. The Morgan fingerprint density at radius 3 is 2.32 bits per heavy atom. The monoisotopic (exact) mass is 273 g/mol. The number of pyridine rings is 1. The molecule has 0 aliphatic carbocycles. The molecule has 0 unspecified atom stereocenters. The highest BCUT2D eigenvalue weighted by atomic mass is 32.2. The van der Waals surface area contributed by atoms with Crippen LogP contribution in [-0.2, 0) is 0 Å². The summed E-state index contributed by atoms with van der Waals surface area (Å²) in [6.07, 6.45) is 0. The molecule has 0 radical (unpaired) electrons. The highest BCUT2D eigenvalue weighted by molar-refractivity contribution is 7.99. The second-order valence-corrected chi connectivity index (χ2v) is 5.17. The molecule has 0 aliphatic rings. The maximum absolute atomic E-state index is 7.38. The fourth-order valence-electron chi connectivity index (χ4n) is 1.50. The lowest BCUT2D eigenvalue weighted by molar-refractivity contribution is 0.878. The Balaban J connectivity index is 2.31. The molecule has 19 heavy (non-hydrogen) atoms. The minimum Gasteiger partial charge on any atom is -0.382 e. The fraction of sp³-hybridized carbons (Fsp3) is 0.231. The molecule has 0 fully saturated rings. The van der Waals surface area contributed by atoms with Gasteiger partial charge in [0.2, 0.25) is 0 Å². The minimum atomic E-state index is -0.0420. The second-order valence-electron chi connectivity index (χ2n) is 4.18. The Kier molecular flexibility index (Phi) is 3.80. The van der Waals surface area contributed by atoms with Gasteiger partial charge in [0.15, 0.2) is 5.16 Å². The summed E-state index contributed by atoms with van der Waals surface area (Å²) in [5.41, 5.74) is 8.93. The fourth-order valence-corrected chi connectivity index (χ4v) is 2.35. The van der Waals surface area contributed by atoms with E-state index in [1.54, 1.807) is 6.07 Å². The molecule has 0 amide bonds. The van der Waals surface area contributed by atoms with E-state index in [4.69, 9.17) is 11.1 Å². The molecule has 0 saturated heterocycles. The van der Waals surface area contributed by atoms with Gasteiger partial charge in [0.05, 0.1) is 0 Å². The molecule has 0 aliphatic heterocycles. The normalized spacial score (nSPS) is 10.5. The van der Waals surface area contributed by atoms with E-state index in [1.165, 1.54) is 11.8 Å². The number of nitrogens with two attached hydrogens (primary N) is 1. The van der Waals surface area contributed by atoms with Crippen LogP contribution in [0.1, 0.15) is 22.6 Å². The maximum atomic E-state index is 7.38. The van der Waals surface area contributed by atoms with Gasteiger partial charge < -0.3 is 5.73 Å². The van der Waals surface area contributed by atoms with Crippen molar-refractivity contribution in [1.29, 1.82) is 5.41 Å². The van der Waals surface area contributed by atoms with E-state index in [0.717, 1.165) is 22.0 Å². The number of hydrogen-bond donors (Lipinski definition) is 2. The van der Waals surface area contributed by atoms with Crippen LogP contribution in [0.2, 0.25) is 0 Å². The average molecular weight is 273 g/mol. The van der Waals surface area contributed by atoms with Gasteiger partial charge in [-0.25, -0.2) is 15.0 Å². The van der Waals surface area contributed by atoms with Crippen LogP contribution in [-0.4, -0.2) is 20.8 Å². The molecule has 2 aromatic heterocycles. The van der Waals surface area contributed by atoms with E-state index in [2.05, 4.69) is 15.0 Å². The van der Waals surface area contributed by atoms with Crippen LogP contribution in [0.4, 0.5) is 0 Å². The first-order valence-corrected chi connectivity index (χ1v) is 6.60. The molecule has 0 aromatic carbocycles. The zero-order chi connectivity index (χ0) is 14.0. The third-order valence-electron chi connectivity index (χ3n) is 2.81. The van der Waals surface area contributed by atoms with Gasteiger partial charge >= 0.3 is 0 Å². The van der Waals surface area contributed by atoms with Crippen molar-refractivity contribution in [3.63, 3.8) is 0 Å². The van der Waals surface area contributed by atoms with Gasteiger partial charge in [-0.1, -0.05) is 6.07 Å². The summed E-state index contributed by atoms with van der Waals surface area (Å²) in [6.45, 7) is 5.94. The molecular weight excluding hydrogens is 258 g/mol. The molecule has 3 N–H and O–H groups in total. The van der Waals surface area contributed by atoms with Crippen LogP contribution in [0.15, 0.2) is 28.4 Å². The van der Waals surface area contributed by atoms with Crippen LogP contribution < -0.4 is 5.73 Å². The molecule has 6 heteroatoms. The molecule has 0 saturated carbocycles. The first kappa shape index (κ1) is 13.5. The number of aromatic nitrogens is 3. The summed E-state index contributed by atoms with van der Waals surface area (Å²) in [4.78, 5) is 13.1. The van der Waals surface area contributed by atoms with Crippen LogP contribution in [0.5, 0.6) is 0 Å². The number of nitrogens with zero attached hydrogens (tertiary/aromatic N) is 3. The van der Waals surface area contributed by atoms with Crippen molar-refractivity contribution in [2.24, 2.45) is 5.73 Å². The largest absolute Gasteiger partial charge is 0.382 e. The molecule has 0 bridgehead atoms. The smallest absolute Gasteiger partial charge is 0.194 e. The lowest BCUT2D eigenvalue weighted by Gasteiger charge is -2.06. The van der Waals surface area contributed by atoms with E-state index >= 15 is 0 Å². The minimum absolute atomic E-state index is 0.0420. The highest BCUT2D eigenvalue weighted by Crippen LogP contribution is 2.24. The summed E-state index contributed by atoms with van der Waals surface area (Å²) in [6, 6.07) is 5.38. The number of rotatable bonds is 3. The lowest BCUT2D eigenvalue weighted by atomic mass is 10.2. The zero-order valence-electron chi connectivity index (χ0n) is 11.1. The van der Waals surface area contributed by atoms with Crippen LogP contribution in [0.25, 0.3) is 0 Å². The predicted octanol–water partition coefficient (Wildman–Crippen LogP) is 2.23. The molecular formula is C13H15N5S.